The largest absolute Gasteiger partial charge is 0.496 e. The van der Waals surface area contributed by atoms with Gasteiger partial charge in [0.25, 0.3) is 5.91 Å². The molecule has 0 bridgehead atoms. The van der Waals surface area contributed by atoms with Crippen molar-refractivity contribution in [3.8, 4) is 5.75 Å². The molecule has 138 valence electrons. The maximum Gasteiger partial charge on any atom is 0.254 e. The predicted octanol–water partition coefficient (Wildman–Crippen LogP) is 4.21. The molecule has 0 spiro atoms. The van der Waals surface area contributed by atoms with Gasteiger partial charge in [-0.15, -0.1) is 0 Å². The van der Waals surface area contributed by atoms with Crippen LogP contribution in [-0.2, 0) is 6.54 Å². The van der Waals surface area contributed by atoms with Gasteiger partial charge >= 0.3 is 0 Å². The number of carbonyl (C=O) groups is 1. The maximum absolute atomic E-state index is 13.5. The van der Waals surface area contributed by atoms with Gasteiger partial charge < -0.3 is 9.64 Å². The lowest BCUT2D eigenvalue weighted by Crippen LogP contribution is -2.48. The molecule has 0 unspecified atom stereocenters. The van der Waals surface area contributed by atoms with Crippen molar-refractivity contribution < 1.29 is 13.9 Å². The van der Waals surface area contributed by atoms with Crippen LogP contribution in [-0.4, -0.2) is 49.0 Å². The van der Waals surface area contributed by atoms with E-state index in [9.17, 15) is 9.18 Å². The Morgan fingerprint density at radius 2 is 1.92 bits per heavy atom. The van der Waals surface area contributed by atoms with Gasteiger partial charge in [0, 0.05) is 53.3 Å². The molecular formula is C19H19BrClFN2O2. The number of rotatable bonds is 4. The summed E-state index contributed by atoms with van der Waals surface area (Å²) in [5, 5.41) is 0.672. The fraction of sp³-hybridized carbons (Fsp3) is 0.316. The molecule has 0 aliphatic carbocycles. The number of piperazine rings is 1. The van der Waals surface area contributed by atoms with Crippen molar-refractivity contribution in [3.05, 3.63) is 62.8 Å². The molecule has 1 heterocycles. The summed E-state index contributed by atoms with van der Waals surface area (Å²) in [6.45, 7) is 3.36. The standard InChI is InChI=1S/C19H19BrClFN2O2/c1-26-18-3-2-16(21)9-14(18)12-23-4-6-24(7-5-23)19(25)13-8-15(20)11-17(22)10-13/h2-3,8-11H,4-7,12H2,1H3. The van der Waals surface area contributed by atoms with E-state index in [1.165, 1.54) is 12.1 Å². The van der Waals surface area contributed by atoms with E-state index in [1.54, 1.807) is 24.1 Å². The second-order valence-corrected chi connectivity index (χ2v) is 7.53. The minimum absolute atomic E-state index is 0.148. The highest BCUT2D eigenvalue weighted by Crippen LogP contribution is 2.25. The number of hydrogen-bond acceptors (Lipinski definition) is 3. The zero-order valence-corrected chi connectivity index (χ0v) is 16.7. The lowest BCUT2D eigenvalue weighted by Gasteiger charge is -2.35. The lowest BCUT2D eigenvalue weighted by atomic mass is 10.1. The van der Waals surface area contributed by atoms with Crippen molar-refractivity contribution in [2.24, 2.45) is 0 Å². The third-order valence-corrected chi connectivity index (χ3v) is 5.10. The van der Waals surface area contributed by atoms with E-state index in [-0.39, 0.29) is 5.91 Å². The van der Waals surface area contributed by atoms with E-state index in [2.05, 4.69) is 20.8 Å². The van der Waals surface area contributed by atoms with Crippen LogP contribution in [0.3, 0.4) is 0 Å². The lowest BCUT2D eigenvalue weighted by molar-refractivity contribution is 0.0627. The van der Waals surface area contributed by atoms with Gasteiger partial charge in [0.05, 0.1) is 7.11 Å². The molecular weight excluding hydrogens is 423 g/mol. The van der Waals surface area contributed by atoms with Gasteiger partial charge in [0.15, 0.2) is 0 Å². The Morgan fingerprint density at radius 1 is 1.19 bits per heavy atom. The fourth-order valence-electron chi connectivity index (χ4n) is 3.08. The Balaban J connectivity index is 1.62. The molecule has 1 aliphatic heterocycles. The number of halogens is 3. The minimum atomic E-state index is -0.422. The first-order valence-electron chi connectivity index (χ1n) is 8.26. The molecule has 2 aromatic rings. The Morgan fingerprint density at radius 3 is 2.58 bits per heavy atom. The van der Waals surface area contributed by atoms with Gasteiger partial charge in [-0.05, 0) is 36.4 Å². The third-order valence-electron chi connectivity index (χ3n) is 4.41. The first-order chi connectivity index (χ1) is 12.5. The minimum Gasteiger partial charge on any atom is -0.496 e. The van der Waals surface area contributed by atoms with Crippen molar-refractivity contribution in [1.29, 1.82) is 0 Å². The van der Waals surface area contributed by atoms with Crippen LogP contribution in [0.4, 0.5) is 4.39 Å². The van der Waals surface area contributed by atoms with Gasteiger partial charge in [-0.1, -0.05) is 27.5 Å². The van der Waals surface area contributed by atoms with Crippen LogP contribution in [0.25, 0.3) is 0 Å². The van der Waals surface area contributed by atoms with Crippen LogP contribution in [0.15, 0.2) is 40.9 Å². The zero-order chi connectivity index (χ0) is 18.7. The average Bonchev–Trinajstić information content (AvgIpc) is 2.61. The van der Waals surface area contributed by atoms with Gasteiger partial charge in [-0.2, -0.15) is 0 Å². The normalized spacial score (nSPS) is 15.2. The number of hydrogen-bond donors (Lipinski definition) is 0. The number of amides is 1. The van der Waals surface area contributed by atoms with E-state index in [4.69, 9.17) is 16.3 Å². The summed E-state index contributed by atoms with van der Waals surface area (Å²) in [6.07, 6.45) is 0. The molecule has 0 N–H and O–H groups in total. The number of nitrogens with zero attached hydrogens (tertiary/aromatic N) is 2. The fourth-order valence-corrected chi connectivity index (χ4v) is 3.74. The van der Waals surface area contributed by atoms with Crippen molar-refractivity contribution >= 4 is 33.4 Å². The third kappa shape index (κ3) is 4.55. The van der Waals surface area contributed by atoms with Crippen LogP contribution in [0.2, 0.25) is 5.02 Å². The number of methoxy groups -OCH3 is 1. The molecule has 26 heavy (non-hydrogen) atoms. The van der Waals surface area contributed by atoms with E-state index >= 15 is 0 Å². The van der Waals surface area contributed by atoms with Gasteiger partial charge in [-0.3, -0.25) is 9.69 Å². The number of carbonyl (C=O) groups excluding carboxylic acids is 1. The van der Waals surface area contributed by atoms with Crippen molar-refractivity contribution in [1.82, 2.24) is 9.80 Å². The molecule has 1 aliphatic rings. The summed E-state index contributed by atoms with van der Waals surface area (Å²) >= 11 is 9.32. The highest BCUT2D eigenvalue weighted by molar-refractivity contribution is 9.10. The van der Waals surface area contributed by atoms with E-state index in [1.807, 2.05) is 12.1 Å². The predicted molar refractivity (Wildman–Crippen MR) is 103 cm³/mol. The average molecular weight is 442 g/mol. The molecule has 0 aromatic heterocycles. The summed E-state index contributed by atoms with van der Waals surface area (Å²) < 4.78 is 19.5. The molecule has 3 rings (SSSR count). The van der Waals surface area contributed by atoms with Gasteiger partial charge in [0.1, 0.15) is 11.6 Å². The molecule has 1 amide bonds. The maximum atomic E-state index is 13.5. The van der Waals surface area contributed by atoms with Crippen LogP contribution < -0.4 is 4.74 Å². The highest BCUT2D eigenvalue weighted by atomic mass is 79.9. The van der Waals surface area contributed by atoms with Crippen molar-refractivity contribution in [3.63, 3.8) is 0 Å². The summed E-state index contributed by atoms with van der Waals surface area (Å²) in [7, 11) is 1.64. The molecule has 1 saturated heterocycles. The SMILES string of the molecule is COc1ccc(Cl)cc1CN1CCN(C(=O)c2cc(F)cc(Br)c2)CC1. The first-order valence-corrected chi connectivity index (χ1v) is 9.43. The molecule has 4 nitrogen and oxygen atoms in total. The van der Waals surface area contributed by atoms with Crippen LogP contribution in [0, 0.1) is 5.82 Å². The number of ether oxygens (including phenoxy) is 1. The first kappa shape index (κ1) is 19.1. The van der Waals surface area contributed by atoms with E-state index < -0.39 is 5.82 Å². The second kappa shape index (κ2) is 8.37. The molecule has 1 fully saturated rings. The Hall–Kier alpha value is -1.63. The molecule has 0 saturated carbocycles. The smallest absolute Gasteiger partial charge is 0.254 e. The van der Waals surface area contributed by atoms with Gasteiger partial charge in [-0.25, -0.2) is 4.39 Å². The number of benzene rings is 2. The van der Waals surface area contributed by atoms with Crippen LogP contribution in [0.5, 0.6) is 5.75 Å². The highest BCUT2D eigenvalue weighted by Gasteiger charge is 2.23. The molecule has 0 atom stereocenters. The van der Waals surface area contributed by atoms with E-state index in [0.29, 0.717) is 34.7 Å². The quantitative estimate of drug-likeness (QED) is 0.713. The Kier molecular flexibility index (Phi) is 6.16. The second-order valence-electron chi connectivity index (χ2n) is 6.18. The van der Waals surface area contributed by atoms with Crippen LogP contribution in [0.1, 0.15) is 15.9 Å². The Labute approximate surface area is 165 Å². The van der Waals surface area contributed by atoms with Crippen molar-refractivity contribution in [2.75, 3.05) is 33.3 Å². The summed E-state index contributed by atoms with van der Waals surface area (Å²) in [5.74, 6) is 0.233. The summed E-state index contributed by atoms with van der Waals surface area (Å²) in [5.41, 5.74) is 1.38. The van der Waals surface area contributed by atoms with E-state index in [0.717, 1.165) is 24.4 Å². The zero-order valence-electron chi connectivity index (χ0n) is 14.3. The summed E-state index contributed by atoms with van der Waals surface area (Å²) in [4.78, 5) is 16.6. The van der Waals surface area contributed by atoms with Crippen LogP contribution >= 0.6 is 27.5 Å². The monoisotopic (exact) mass is 440 g/mol. The topological polar surface area (TPSA) is 32.8 Å². The summed E-state index contributed by atoms with van der Waals surface area (Å²) in [6, 6.07) is 9.83. The Bertz CT molecular complexity index is 790. The van der Waals surface area contributed by atoms with Crippen molar-refractivity contribution in [2.45, 2.75) is 6.54 Å². The molecule has 7 heteroatoms. The van der Waals surface area contributed by atoms with Gasteiger partial charge in [0.2, 0.25) is 0 Å². The molecule has 2 aromatic carbocycles. The molecule has 0 radical (unpaired) electrons.